The highest BCUT2D eigenvalue weighted by Gasteiger charge is 2.42. The van der Waals surface area contributed by atoms with Gasteiger partial charge < -0.3 is 4.90 Å². The van der Waals surface area contributed by atoms with E-state index in [1.807, 2.05) is 6.92 Å². The first-order valence-corrected chi connectivity index (χ1v) is 7.78. The van der Waals surface area contributed by atoms with Crippen LogP contribution in [-0.2, 0) is 0 Å². The molecule has 0 radical (unpaired) electrons. The summed E-state index contributed by atoms with van der Waals surface area (Å²) in [4.78, 5) is 2.34. The van der Waals surface area contributed by atoms with Gasteiger partial charge in [0, 0.05) is 10.6 Å². The van der Waals surface area contributed by atoms with Gasteiger partial charge in [-0.25, -0.2) is 0 Å². The zero-order chi connectivity index (χ0) is 14.8. The third-order valence-corrected chi connectivity index (χ3v) is 5.25. The van der Waals surface area contributed by atoms with E-state index in [1.165, 1.54) is 37.7 Å². The number of nitrogens with zero attached hydrogens (tertiary/aromatic N) is 1. The Morgan fingerprint density at radius 3 is 2.40 bits per heavy atom. The van der Waals surface area contributed by atoms with Crippen LogP contribution in [0.2, 0.25) is 5.02 Å². The summed E-state index contributed by atoms with van der Waals surface area (Å²) in [7, 11) is 4.32. The Morgan fingerprint density at radius 2 is 1.90 bits per heavy atom. The molecule has 0 saturated heterocycles. The number of nitrogens with one attached hydrogen (secondary N) is 1. The second-order valence-electron chi connectivity index (χ2n) is 6.17. The van der Waals surface area contributed by atoms with Gasteiger partial charge >= 0.3 is 0 Å². The fourth-order valence-electron chi connectivity index (χ4n) is 3.51. The summed E-state index contributed by atoms with van der Waals surface area (Å²) in [6, 6.07) is 6.39. The fourth-order valence-corrected chi connectivity index (χ4v) is 3.70. The summed E-state index contributed by atoms with van der Waals surface area (Å²) < 4.78 is 0. The zero-order valence-corrected chi connectivity index (χ0v) is 13.5. The molecule has 1 aromatic rings. The van der Waals surface area contributed by atoms with E-state index < -0.39 is 0 Å². The molecular formula is C16H26ClN3. The molecule has 112 valence electrons. The molecule has 20 heavy (non-hydrogen) atoms. The molecule has 0 aromatic heterocycles. The van der Waals surface area contributed by atoms with Gasteiger partial charge in [0.25, 0.3) is 0 Å². The average molecular weight is 296 g/mol. The van der Waals surface area contributed by atoms with Gasteiger partial charge in [-0.3, -0.25) is 11.3 Å². The van der Waals surface area contributed by atoms with E-state index in [-0.39, 0.29) is 11.6 Å². The minimum atomic E-state index is 0.0750. The maximum atomic E-state index is 6.30. The van der Waals surface area contributed by atoms with Gasteiger partial charge in [0.1, 0.15) is 0 Å². The maximum Gasteiger partial charge on any atom is 0.0644 e. The van der Waals surface area contributed by atoms with Crippen molar-refractivity contribution < 1.29 is 0 Å². The molecule has 0 spiro atoms. The van der Waals surface area contributed by atoms with E-state index in [0.29, 0.717) is 0 Å². The summed E-state index contributed by atoms with van der Waals surface area (Å²) in [5.74, 6) is 5.93. The topological polar surface area (TPSA) is 41.3 Å². The monoisotopic (exact) mass is 295 g/mol. The molecule has 3 N–H and O–H groups in total. The number of likely N-dealkylation sites (N-methyl/N-ethyl adjacent to an activating group) is 1. The Labute approximate surface area is 127 Å². The zero-order valence-electron chi connectivity index (χ0n) is 12.7. The summed E-state index contributed by atoms with van der Waals surface area (Å²) in [5, 5.41) is 0.812. The third kappa shape index (κ3) is 2.86. The van der Waals surface area contributed by atoms with Crippen molar-refractivity contribution in [3.05, 3.63) is 34.3 Å². The molecule has 4 heteroatoms. The summed E-state index contributed by atoms with van der Waals surface area (Å²) >= 11 is 6.30. The molecule has 0 heterocycles. The quantitative estimate of drug-likeness (QED) is 0.660. The van der Waals surface area contributed by atoms with Crippen molar-refractivity contribution in [2.24, 2.45) is 5.84 Å². The predicted octanol–water partition coefficient (Wildman–Crippen LogP) is 3.42. The Balaban J connectivity index is 2.39. The summed E-state index contributed by atoms with van der Waals surface area (Å²) in [6.45, 7) is 2.03. The molecule has 1 aromatic carbocycles. The minimum Gasteiger partial charge on any atom is -0.302 e. The van der Waals surface area contributed by atoms with Crippen LogP contribution in [0.25, 0.3) is 0 Å². The molecule has 1 aliphatic rings. The highest BCUT2D eigenvalue weighted by molar-refractivity contribution is 6.31. The summed E-state index contributed by atoms with van der Waals surface area (Å²) in [6.07, 6.45) is 6.17. The van der Waals surface area contributed by atoms with E-state index in [2.05, 4.69) is 42.6 Å². The Morgan fingerprint density at radius 1 is 1.25 bits per heavy atom. The molecule has 1 fully saturated rings. The van der Waals surface area contributed by atoms with E-state index in [9.17, 15) is 0 Å². The van der Waals surface area contributed by atoms with E-state index in [4.69, 9.17) is 17.4 Å². The number of benzene rings is 1. The van der Waals surface area contributed by atoms with Gasteiger partial charge in [-0.1, -0.05) is 43.0 Å². The molecule has 0 bridgehead atoms. The maximum absolute atomic E-state index is 6.30. The molecular weight excluding hydrogens is 270 g/mol. The Bertz CT molecular complexity index is 453. The number of nitrogens with two attached hydrogens (primary N) is 1. The number of hydrogen-bond donors (Lipinski definition) is 2. The van der Waals surface area contributed by atoms with Crippen LogP contribution >= 0.6 is 11.6 Å². The van der Waals surface area contributed by atoms with Crippen molar-refractivity contribution in [3.63, 3.8) is 0 Å². The van der Waals surface area contributed by atoms with Crippen LogP contribution in [-0.4, -0.2) is 24.5 Å². The number of halogens is 1. The fraction of sp³-hybridized carbons (Fsp3) is 0.625. The normalized spacial score (nSPS) is 20.1. The molecule has 3 nitrogen and oxygen atoms in total. The van der Waals surface area contributed by atoms with Crippen LogP contribution in [0.3, 0.4) is 0 Å². The molecule has 0 amide bonds. The van der Waals surface area contributed by atoms with Crippen molar-refractivity contribution in [2.75, 3.05) is 14.1 Å². The van der Waals surface area contributed by atoms with Crippen molar-refractivity contribution in [3.8, 4) is 0 Å². The van der Waals surface area contributed by atoms with Crippen LogP contribution in [0.4, 0.5) is 0 Å². The average Bonchev–Trinajstić information content (AvgIpc) is 2.44. The lowest BCUT2D eigenvalue weighted by Crippen LogP contribution is -2.56. The number of rotatable bonds is 4. The van der Waals surface area contributed by atoms with Crippen LogP contribution < -0.4 is 11.3 Å². The van der Waals surface area contributed by atoms with E-state index >= 15 is 0 Å². The van der Waals surface area contributed by atoms with Gasteiger partial charge in [0.05, 0.1) is 6.04 Å². The number of hydrazine groups is 1. The van der Waals surface area contributed by atoms with Gasteiger partial charge in [0.15, 0.2) is 0 Å². The van der Waals surface area contributed by atoms with Crippen LogP contribution in [0.15, 0.2) is 18.2 Å². The second kappa shape index (κ2) is 6.44. The minimum absolute atomic E-state index is 0.0750. The lowest BCUT2D eigenvalue weighted by atomic mass is 9.73. The van der Waals surface area contributed by atoms with Crippen molar-refractivity contribution in [1.82, 2.24) is 10.3 Å². The molecule has 2 rings (SSSR count). The second-order valence-corrected chi connectivity index (χ2v) is 6.57. The Kier molecular flexibility index (Phi) is 5.08. The first-order chi connectivity index (χ1) is 9.51. The number of hydrogen-bond acceptors (Lipinski definition) is 3. The molecule has 1 aliphatic carbocycles. The highest BCUT2D eigenvalue weighted by atomic mass is 35.5. The van der Waals surface area contributed by atoms with Gasteiger partial charge in [-0.15, -0.1) is 0 Å². The highest BCUT2D eigenvalue weighted by Crippen LogP contribution is 2.42. The van der Waals surface area contributed by atoms with Crippen LogP contribution in [0.5, 0.6) is 0 Å². The number of aryl methyl sites for hydroxylation is 1. The lowest BCUT2D eigenvalue weighted by molar-refractivity contribution is 0.0564. The predicted molar refractivity (Wildman–Crippen MR) is 85.8 cm³/mol. The van der Waals surface area contributed by atoms with Gasteiger partial charge in [0.2, 0.25) is 0 Å². The lowest BCUT2D eigenvalue weighted by Gasteiger charge is -2.48. The smallest absolute Gasteiger partial charge is 0.0644 e. The van der Waals surface area contributed by atoms with Gasteiger partial charge in [-0.05, 0) is 51.1 Å². The first kappa shape index (κ1) is 15.8. The molecule has 1 saturated carbocycles. The van der Waals surface area contributed by atoms with Crippen molar-refractivity contribution in [2.45, 2.75) is 50.6 Å². The van der Waals surface area contributed by atoms with Crippen molar-refractivity contribution >= 4 is 11.6 Å². The molecule has 0 aliphatic heterocycles. The van der Waals surface area contributed by atoms with Crippen LogP contribution in [0.1, 0.15) is 49.3 Å². The Hall–Kier alpha value is -0.610. The van der Waals surface area contributed by atoms with E-state index in [1.54, 1.807) is 0 Å². The largest absolute Gasteiger partial charge is 0.302 e. The third-order valence-electron chi connectivity index (χ3n) is 4.84. The van der Waals surface area contributed by atoms with E-state index in [0.717, 1.165) is 10.6 Å². The standard InChI is InChI=1S/C16H26ClN3/c1-12-7-8-13(11-14(12)17)15(19-18)16(20(2)3)9-5-4-6-10-16/h7-8,11,15,19H,4-6,9-10,18H2,1-3H3. The van der Waals surface area contributed by atoms with Crippen molar-refractivity contribution in [1.29, 1.82) is 0 Å². The van der Waals surface area contributed by atoms with Crippen LogP contribution in [0, 0.1) is 6.92 Å². The molecule has 1 unspecified atom stereocenters. The first-order valence-electron chi connectivity index (χ1n) is 7.41. The van der Waals surface area contributed by atoms with Gasteiger partial charge in [-0.2, -0.15) is 0 Å². The SMILES string of the molecule is Cc1ccc(C(NN)C2(N(C)C)CCCCC2)cc1Cl. The summed E-state index contributed by atoms with van der Waals surface area (Å²) in [5.41, 5.74) is 5.42. The molecule has 1 atom stereocenters.